The third kappa shape index (κ3) is 3.14. The Labute approximate surface area is 100 Å². The Balaban J connectivity index is 3.21. The van der Waals surface area contributed by atoms with Gasteiger partial charge in [-0.2, -0.15) is 9.79 Å². The standard InChI is InChI=1S/C10H15NO5P/c1-5-8-9(16-17(12,13)15-4)6-11-7(2)10(8)14-3/h5-6,12-13H,1H2,2-4H3/q+1. The van der Waals surface area contributed by atoms with E-state index in [1.807, 2.05) is 0 Å². The topological polar surface area (TPSA) is 81.0 Å². The number of hydrogen-bond acceptors (Lipinski definition) is 6. The fourth-order valence-corrected chi connectivity index (χ4v) is 1.76. The van der Waals surface area contributed by atoms with Gasteiger partial charge in [0.25, 0.3) is 0 Å². The third-order valence-corrected chi connectivity index (χ3v) is 2.99. The normalized spacial score (nSPS) is 11.1. The highest BCUT2D eigenvalue weighted by atomic mass is 31.2. The van der Waals surface area contributed by atoms with E-state index >= 15 is 0 Å². The van der Waals surface area contributed by atoms with Crippen molar-refractivity contribution in [2.24, 2.45) is 0 Å². The number of rotatable bonds is 5. The highest BCUT2D eigenvalue weighted by molar-refractivity contribution is 7.54. The molecule has 0 aliphatic carbocycles. The Morgan fingerprint density at radius 2 is 2.06 bits per heavy atom. The molecule has 2 N–H and O–H groups in total. The maximum atomic E-state index is 9.35. The van der Waals surface area contributed by atoms with E-state index in [-0.39, 0.29) is 5.75 Å². The minimum absolute atomic E-state index is 0.141. The SMILES string of the molecule is C=Cc1c(O[P+](O)(O)OC)cnc(C)c1OC. The number of pyridine rings is 1. The fourth-order valence-electron chi connectivity index (χ4n) is 1.28. The zero-order chi connectivity index (χ0) is 13.1. The predicted octanol–water partition coefficient (Wildman–Crippen LogP) is 1.73. The molecule has 0 atom stereocenters. The molecule has 0 aliphatic heterocycles. The average molecular weight is 260 g/mol. The van der Waals surface area contributed by atoms with Gasteiger partial charge < -0.3 is 4.74 Å². The minimum atomic E-state index is -3.87. The van der Waals surface area contributed by atoms with Crippen molar-refractivity contribution in [3.05, 3.63) is 24.0 Å². The molecule has 0 bridgehead atoms. The molecular weight excluding hydrogens is 245 g/mol. The number of methoxy groups -OCH3 is 1. The highest BCUT2D eigenvalue weighted by Crippen LogP contribution is 2.52. The van der Waals surface area contributed by atoms with Gasteiger partial charge in [0.15, 0.2) is 5.75 Å². The van der Waals surface area contributed by atoms with E-state index in [1.165, 1.54) is 19.4 Å². The first-order valence-electron chi connectivity index (χ1n) is 4.71. The van der Waals surface area contributed by atoms with Crippen LogP contribution in [0, 0.1) is 6.92 Å². The van der Waals surface area contributed by atoms with Crippen molar-refractivity contribution < 1.29 is 23.6 Å². The van der Waals surface area contributed by atoms with Crippen LogP contribution >= 0.6 is 8.17 Å². The molecule has 0 saturated heterocycles. The monoisotopic (exact) mass is 260 g/mol. The van der Waals surface area contributed by atoms with Crippen LogP contribution in [0.25, 0.3) is 6.08 Å². The minimum Gasteiger partial charge on any atom is -0.494 e. The lowest BCUT2D eigenvalue weighted by Gasteiger charge is -2.13. The first-order chi connectivity index (χ1) is 7.95. The molecule has 6 nitrogen and oxygen atoms in total. The van der Waals surface area contributed by atoms with Crippen LogP contribution in [0.3, 0.4) is 0 Å². The zero-order valence-corrected chi connectivity index (χ0v) is 10.8. The lowest BCUT2D eigenvalue weighted by Crippen LogP contribution is -2.04. The first-order valence-corrected chi connectivity index (χ1v) is 6.24. The van der Waals surface area contributed by atoms with Crippen molar-refractivity contribution in [2.75, 3.05) is 14.2 Å². The summed E-state index contributed by atoms with van der Waals surface area (Å²) in [6.07, 6.45) is 2.84. The smallest absolute Gasteiger partial charge is 0.494 e. The molecule has 0 aromatic carbocycles. The molecule has 0 saturated carbocycles. The van der Waals surface area contributed by atoms with Crippen LogP contribution in [0.5, 0.6) is 11.5 Å². The van der Waals surface area contributed by atoms with Crippen molar-refractivity contribution in [3.63, 3.8) is 0 Å². The van der Waals surface area contributed by atoms with E-state index in [0.29, 0.717) is 17.0 Å². The van der Waals surface area contributed by atoms with Crippen LogP contribution in [-0.2, 0) is 4.52 Å². The van der Waals surface area contributed by atoms with E-state index < -0.39 is 8.17 Å². The molecule has 1 rings (SSSR count). The Bertz CT molecular complexity index is 421. The Kier molecular flexibility index (Phi) is 4.42. The molecule has 0 unspecified atom stereocenters. The summed E-state index contributed by atoms with van der Waals surface area (Å²) in [5.41, 5.74) is 1.14. The number of hydrogen-bond donors (Lipinski definition) is 2. The zero-order valence-electron chi connectivity index (χ0n) is 9.88. The second kappa shape index (κ2) is 5.42. The molecule has 17 heavy (non-hydrogen) atoms. The molecule has 0 radical (unpaired) electrons. The van der Waals surface area contributed by atoms with Crippen molar-refractivity contribution in [1.82, 2.24) is 4.98 Å². The molecule has 94 valence electrons. The molecule has 1 heterocycles. The van der Waals surface area contributed by atoms with Gasteiger partial charge in [0.1, 0.15) is 0 Å². The van der Waals surface area contributed by atoms with Crippen LogP contribution < -0.4 is 9.26 Å². The first kappa shape index (κ1) is 13.9. The van der Waals surface area contributed by atoms with Crippen molar-refractivity contribution in [1.29, 1.82) is 0 Å². The van der Waals surface area contributed by atoms with E-state index in [4.69, 9.17) is 9.26 Å². The number of aryl methyl sites for hydroxylation is 1. The summed E-state index contributed by atoms with van der Waals surface area (Å²) in [5.74, 6) is 0.608. The Morgan fingerprint density at radius 3 is 2.53 bits per heavy atom. The number of nitrogens with zero attached hydrogens (tertiary/aromatic N) is 1. The molecule has 1 aromatic heterocycles. The molecule has 0 spiro atoms. The third-order valence-electron chi connectivity index (χ3n) is 2.08. The van der Waals surface area contributed by atoms with Gasteiger partial charge in [-0.05, 0) is 6.92 Å². The largest absolute Gasteiger partial charge is 0.616 e. The second-order valence-electron chi connectivity index (χ2n) is 3.12. The molecule has 0 fully saturated rings. The van der Waals surface area contributed by atoms with Gasteiger partial charge in [-0.3, -0.25) is 9.51 Å². The van der Waals surface area contributed by atoms with Crippen LogP contribution in [0.2, 0.25) is 0 Å². The van der Waals surface area contributed by atoms with E-state index in [1.54, 1.807) is 6.92 Å². The lowest BCUT2D eigenvalue weighted by molar-refractivity contribution is 0.201. The van der Waals surface area contributed by atoms with Gasteiger partial charge in [-0.25, -0.2) is 0 Å². The summed E-state index contributed by atoms with van der Waals surface area (Å²) in [4.78, 5) is 22.7. The maximum absolute atomic E-state index is 9.35. The Hall–Kier alpha value is -1.20. The van der Waals surface area contributed by atoms with Crippen LogP contribution in [-0.4, -0.2) is 29.0 Å². The lowest BCUT2D eigenvalue weighted by atomic mass is 10.2. The summed E-state index contributed by atoms with van der Waals surface area (Å²) in [6, 6.07) is 0. The maximum Gasteiger partial charge on any atom is 0.616 e. The van der Waals surface area contributed by atoms with Gasteiger partial charge in [0.2, 0.25) is 5.75 Å². The van der Waals surface area contributed by atoms with Gasteiger partial charge >= 0.3 is 8.17 Å². The van der Waals surface area contributed by atoms with Crippen LogP contribution in [0.1, 0.15) is 11.3 Å². The molecule has 0 aliphatic rings. The predicted molar refractivity (Wildman–Crippen MR) is 64.6 cm³/mol. The fraction of sp³-hybridized carbons (Fsp3) is 0.300. The molecular formula is C10H15NO5P+. The highest BCUT2D eigenvalue weighted by Gasteiger charge is 2.40. The van der Waals surface area contributed by atoms with E-state index in [0.717, 1.165) is 7.11 Å². The van der Waals surface area contributed by atoms with Crippen molar-refractivity contribution >= 4 is 14.2 Å². The van der Waals surface area contributed by atoms with E-state index in [9.17, 15) is 9.79 Å². The van der Waals surface area contributed by atoms with Gasteiger partial charge in [0, 0.05) is 0 Å². The van der Waals surface area contributed by atoms with Gasteiger partial charge in [0.05, 0.1) is 31.7 Å². The quantitative estimate of drug-likeness (QED) is 0.785. The van der Waals surface area contributed by atoms with Gasteiger partial charge in [-0.1, -0.05) is 12.7 Å². The van der Waals surface area contributed by atoms with E-state index in [2.05, 4.69) is 16.1 Å². The summed E-state index contributed by atoms with van der Waals surface area (Å²) < 4.78 is 14.5. The molecule has 7 heteroatoms. The summed E-state index contributed by atoms with van der Waals surface area (Å²) >= 11 is 0. The number of ether oxygens (including phenoxy) is 1. The van der Waals surface area contributed by atoms with Crippen molar-refractivity contribution in [3.8, 4) is 11.5 Å². The van der Waals surface area contributed by atoms with Crippen LogP contribution in [0.4, 0.5) is 0 Å². The van der Waals surface area contributed by atoms with Crippen LogP contribution in [0.15, 0.2) is 12.8 Å². The Morgan fingerprint density at radius 1 is 1.41 bits per heavy atom. The molecule has 0 amide bonds. The summed E-state index contributed by atoms with van der Waals surface area (Å²) in [7, 11) is -1.25. The van der Waals surface area contributed by atoms with Crippen molar-refractivity contribution in [2.45, 2.75) is 6.92 Å². The average Bonchev–Trinajstić information content (AvgIpc) is 2.30. The van der Waals surface area contributed by atoms with Gasteiger partial charge in [-0.15, -0.1) is 4.52 Å². The second-order valence-corrected chi connectivity index (χ2v) is 4.65. The molecule has 1 aromatic rings. The summed E-state index contributed by atoms with van der Waals surface area (Å²) in [6.45, 7) is 5.37. The number of aromatic nitrogens is 1. The summed E-state index contributed by atoms with van der Waals surface area (Å²) in [5, 5.41) is 0.